The molecule has 9 nitrogen and oxygen atoms in total. The number of fused-ring (bicyclic) bond motifs is 2. The van der Waals surface area contributed by atoms with Crippen LogP contribution >= 0.6 is 11.6 Å². The molecule has 4 heterocycles. The average molecular weight is 414 g/mol. The van der Waals surface area contributed by atoms with Gasteiger partial charge in [-0.25, -0.2) is 14.6 Å². The molecule has 1 spiro atoms. The summed E-state index contributed by atoms with van der Waals surface area (Å²) in [5.41, 5.74) is 0.141. The van der Waals surface area contributed by atoms with Gasteiger partial charge in [-0.1, -0.05) is 25.4 Å². The highest BCUT2D eigenvalue weighted by molar-refractivity contribution is 6.34. The number of anilines is 2. The summed E-state index contributed by atoms with van der Waals surface area (Å²) in [5.74, 6) is 0.134. The van der Waals surface area contributed by atoms with Gasteiger partial charge in [0.1, 0.15) is 34.8 Å². The normalized spacial score (nSPS) is 19.0. The zero-order chi connectivity index (χ0) is 20.6. The minimum absolute atomic E-state index is 0.0865. The van der Waals surface area contributed by atoms with Crippen molar-refractivity contribution < 1.29 is 4.79 Å². The van der Waals surface area contributed by atoms with E-state index >= 15 is 0 Å². The number of pyridine rings is 1. The molecule has 5 rings (SSSR count). The number of aromatic nitrogens is 4. The number of amides is 1. The number of halogens is 1. The molecule has 3 aromatic heterocycles. The van der Waals surface area contributed by atoms with Crippen LogP contribution in [0.5, 0.6) is 0 Å². The number of hydrogen-bond donors (Lipinski definition) is 3. The molecule has 2 aliphatic rings. The molecule has 3 aromatic rings. The van der Waals surface area contributed by atoms with Crippen molar-refractivity contribution in [2.24, 2.45) is 5.41 Å². The first-order valence-electron chi connectivity index (χ1n) is 9.28. The third kappa shape index (κ3) is 2.53. The van der Waals surface area contributed by atoms with Gasteiger partial charge >= 0.3 is 0 Å². The molecule has 150 valence electrons. The van der Waals surface area contributed by atoms with Gasteiger partial charge < -0.3 is 15.6 Å². The van der Waals surface area contributed by atoms with Crippen molar-refractivity contribution in [3.8, 4) is 0 Å². The maximum atomic E-state index is 13.4. The smallest absolute Gasteiger partial charge is 0.293 e. The van der Waals surface area contributed by atoms with E-state index in [9.17, 15) is 9.59 Å². The number of nitrogens with zero attached hydrogens (tertiary/aromatic N) is 4. The van der Waals surface area contributed by atoms with Crippen LogP contribution in [0.15, 0.2) is 29.5 Å². The predicted octanol–water partition coefficient (Wildman–Crippen LogP) is 2.34. The number of carbonyl (C=O) groups is 1. The molecule has 0 atom stereocenters. The van der Waals surface area contributed by atoms with Gasteiger partial charge in [-0.05, 0) is 30.4 Å². The lowest BCUT2D eigenvalue weighted by Gasteiger charge is -2.59. The molecule has 0 radical (unpaired) electrons. The summed E-state index contributed by atoms with van der Waals surface area (Å²) in [6.45, 7) is 4.28. The van der Waals surface area contributed by atoms with Crippen LogP contribution in [0.2, 0.25) is 5.02 Å². The summed E-state index contributed by atoms with van der Waals surface area (Å²) in [6, 6.07) is 3.28. The van der Waals surface area contributed by atoms with Crippen LogP contribution in [-0.2, 0) is 0 Å². The molecule has 1 amide bonds. The van der Waals surface area contributed by atoms with E-state index in [-0.39, 0.29) is 33.3 Å². The van der Waals surface area contributed by atoms with Crippen molar-refractivity contribution in [1.29, 1.82) is 0 Å². The summed E-state index contributed by atoms with van der Waals surface area (Å²) in [5, 5.41) is 8.83. The van der Waals surface area contributed by atoms with E-state index in [2.05, 4.69) is 39.4 Å². The van der Waals surface area contributed by atoms with Gasteiger partial charge in [-0.2, -0.15) is 0 Å². The fourth-order valence-electron chi connectivity index (χ4n) is 4.65. The molecule has 0 unspecified atom stereocenters. The molecule has 1 fully saturated rings. The molecular weight excluding hydrogens is 394 g/mol. The third-order valence-corrected chi connectivity index (χ3v) is 6.05. The van der Waals surface area contributed by atoms with Crippen molar-refractivity contribution in [1.82, 2.24) is 24.9 Å². The molecule has 0 aromatic carbocycles. The Bertz CT molecular complexity index is 1220. The molecule has 1 aliphatic heterocycles. The third-order valence-electron chi connectivity index (χ3n) is 5.76. The number of rotatable bonds is 2. The first-order valence-corrected chi connectivity index (χ1v) is 9.66. The highest BCUT2D eigenvalue weighted by atomic mass is 35.5. The van der Waals surface area contributed by atoms with Crippen LogP contribution in [0.3, 0.4) is 0 Å². The second kappa shape index (κ2) is 5.73. The van der Waals surface area contributed by atoms with E-state index in [0.717, 1.165) is 18.2 Å². The zero-order valence-electron chi connectivity index (χ0n) is 16.2. The molecule has 0 bridgehead atoms. The van der Waals surface area contributed by atoms with E-state index < -0.39 is 5.66 Å². The molecule has 10 heteroatoms. The van der Waals surface area contributed by atoms with Crippen LogP contribution in [0, 0.1) is 5.41 Å². The Hall–Kier alpha value is -3.07. The Kier molecular flexibility index (Phi) is 3.55. The summed E-state index contributed by atoms with van der Waals surface area (Å²) in [4.78, 5) is 37.6. The summed E-state index contributed by atoms with van der Waals surface area (Å²) in [7, 11) is 1.80. The van der Waals surface area contributed by atoms with Crippen LogP contribution in [-0.4, -0.2) is 38.2 Å². The maximum absolute atomic E-state index is 13.4. The van der Waals surface area contributed by atoms with Crippen LogP contribution < -0.4 is 21.2 Å². The SMILES string of the molecule is CN1n2c(c(Cl)cc(Nc3ncnc4[nH]ccc34)c2=O)C(=O)NC12CC(C)(C)C2. The lowest BCUT2D eigenvalue weighted by Crippen LogP contribution is -2.76. The molecule has 1 saturated carbocycles. The van der Waals surface area contributed by atoms with Crippen LogP contribution in [0.1, 0.15) is 37.2 Å². The Balaban J connectivity index is 1.62. The fraction of sp³-hybridized carbons (Fsp3) is 0.368. The highest BCUT2D eigenvalue weighted by Crippen LogP contribution is 2.49. The van der Waals surface area contributed by atoms with E-state index in [1.165, 1.54) is 17.1 Å². The van der Waals surface area contributed by atoms with Crippen molar-refractivity contribution in [2.45, 2.75) is 32.4 Å². The fourth-order valence-corrected chi connectivity index (χ4v) is 4.92. The van der Waals surface area contributed by atoms with Crippen molar-refractivity contribution >= 4 is 40.0 Å². The van der Waals surface area contributed by atoms with E-state index in [4.69, 9.17) is 11.6 Å². The van der Waals surface area contributed by atoms with Crippen LogP contribution in [0.4, 0.5) is 11.5 Å². The first-order chi connectivity index (χ1) is 13.7. The standard InChI is InChI=1S/C19H20ClN7O2/c1-18(2)7-19(8-18)25-16(28)13-11(20)6-12(17(29)27(13)26(19)3)24-15-10-4-5-21-14(10)22-9-23-15/h4-6,9H,7-8H2,1-3H3,(H,25,28)(H2,21,22,23,24). The lowest BCUT2D eigenvalue weighted by atomic mass is 9.63. The van der Waals surface area contributed by atoms with Gasteiger partial charge in [-0.15, -0.1) is 0 Å². The highest BCUT2D eigenvalue weighted by Gasteiger charge is 2.56. The summed E-state index contributed by atoms with van der Waals surface area (Å²) >= 11 is 6.43. The van der Waals surface area contributed by atoms with E-state index in [1.807, 2.05) is 6.07 Å². The van der Waals surface area contributed by atoms with Crippen molar-refractivity contribution in [3.63, 3.8) is 0 Å². The number of carbonyl (C=O) groups excluding carboxylic acids is 1. The molecule has 0 saturated heterocycles. The first kappa shape index (κ1) is 18.0. The number of hydrogen-bond acceptors (Lipinski definition) is 6. The van der Waals surface area contributed by atoms with E-state index in [1.54, 1.807) is 18.3 Å². The Morgan fingerprint density at radius 2 is 2.00 bits per heavy atom. The van der Waals surface area contributed by atoms with Crippen LogP contribution in [0.25, 0.3) is 11.0 Å². The Morgan fingerprint density at radius 1 is 1.24 bits per heavy atom. The predicted molar refractivity (Wildman–Crippen MR) is 110 cm³/mol. The maximum Gasteiger partial charge on any atom is 0.293 e. The number of nitrogens with one attached hydrogen (secondary N) is 3. The number of H-pyrrole nitrogens is 1. The quantitative estimate of drug-likeness (QED) is 0.595. The molecule has 3 N–H and O–H groups in total. The van der Waals surface area contributed by atoms with Gasteiger partial charge in [-0.3, -0.25) is 14.6 Å². The second-order valence-electron chi connectivity index (χ2n) is 8.49. The summed E-state index contributed by atoms with van der Waals surface area (Å²) in [6.07, 6.45) is 4.62. The second-order valence-corrected chi connectivity index (χ2v) is 8.89. The topological polar surface area (TPSA) is 108 Å². The molecule has 1 aliphatic carbocycles. The molecule has 29 heavy (non-hydrogen) atoms. The number of aromatic amines is 1. The zero-order valence-corrected chi connectivity index (χ0v) is 17.0. The molecular formula is C19H20ClN7O2. The van der Waals surface area contributed by atoms with E-state index in [0.29, 0.717) is 11.5 Å². The largest absolute Gasteiger partial charge is 0.346 e. The Labute approximate surface area is 171 Å². The minimum atomic E-state index is -0.595. The van der Waals surface area contributed by atoms with Gasteiger partial charge in [0.15, 0.2) is 0 Å². The Morgan fingerprint density at radius 3 is 2.72 bits per heavy atom. The van der Waals surface area contributed by atoms with Gasteiger partial charge in [0.05, 0.1) is 10.4 Å². The summed E-state index contributed by atoms with van der Waals surface area (Å²) < 4.78 is 1.37. The minimum Gasteiger partial charge on any atom is -0.346 e. The van der Waals surface area contributed by atoms with Crippen molar-refractivity contribution in [3.05, 3.63) is 45.7 Å². The average Bonchev–Trinajstić information content (AvgIpc) is 3.10. The van der Waals surface area contributed by atoms with Gasteiger partial charge in [0.2, 0.25) is 0 Å². The lowest BCUT2D eigenvalue weighted by molar-refractivity contribution is 0.00753. The monoisotopic (exact) mass is 413 g/mol. The van der Waals surface area contributed by atoms with Gasteiger partial charge in [0, 0.05) is 13.2 Å². The van der Waals surface area contributed by atoms with Crippen molar-refractivity contribution in [2.75, 3.05) is 17.4 Å². The van der Waals surface area contributed by atoms with Gasteiger partial charge in [0.25, 0.3) is 11.5 Å².